The van der Waals surface area contributed by atoms with Crippen LogP contribution in [0.25, 0.3) is 0 Å². The Balaban J connectivity index is 1.77. The van der Waals surface area contributed by atoms with Gasteiger partial charge >= 0.3 is 12.1 Å². The van der Waals surface area contributed by atoms with E-state index in [-0.39, 0.29) is 12.2 Å². The van der Waals surface area contributed by atoms with Gasteiger partial charge in [-0.2, -0.15) is 0 Å². The van der Waals surface area contributed by atoms with Crippen LogP contribution >= 0.6 is 11.6 Å². The lowest BCUT2D eigenvalue weighted by Crippen LogP contribution is -2.24. The van der Waals surface area contributed by atoms with E-state index in [1.807, 2.05) is 30.3 Å². The van der Waals surface area contributed by atoms with E-state index in [9.17, 15) is 9.59 Å². The van der Waals surface area contributed by atoms with E-state index in [0.717, 1.165) is 5.56 Å². The summed E-state index contributed by atoms with van der Waals surface area (Å²) in [5.41, 5.74) is 1.33. The lowest BCUT2D eigenvalue weighted by Gasteiger charge is -2.05. The van der Waals surface area contributed by atoms with Crippen LogP contribution in [0, 0.1) is 11.8 Å². The molecule has 25 heavy (non-hydrogen) atoms. The smallest absolute Gasteiger partial charge is 0.407 e. The molecule has 0 aliphatic carbocycles. The molecule has 5 nitrogen and oxygen atoms in total. The second-order valence-electron chi connectivity index (χ2n) is 5.04. The molecule has 0 saturated carbocycles. The van der Waals surface area contributed by atoms with Crippen LogP contribution < -0.4 is 5.32 Å². The van der Waals surface area contributed by atoms with Gasteiger partial charge in [-0.1, -0.05) is 53.8 Å². The highest BCUT2D eigenvalue weighted by atomic mass is 35.5. The Hall–Kier alpha value is -2.97. The maximum Gasteiger partial charge on any atom is 0.407 e. The minimum absolute atomic E-state index is 0.0511. The van der Waals surface area contributed by atoms with Crippen LogP contribution in [-0.4, -0.2) is 23.7 Å². The zero-order valence-corrected chi connectivity index (χ0v) is 14.0. The number of hydrogen-bond acceptors (Lipinski definition) is 3. The van der Waals surface area contributed by atoms with Crippen molar-refractivity contribution in [2.24, 2.45) is 0 Å². The highest BCUT2D eigenvalue weighted by Gasteiger charge is 2.08. The summed E-state index contributed by atoms with van der Waals surface area (Å²) in [4.78, 5) is 22.7. The number of carbonyl (C=O) groups excluding carboxylic acids is 1. The number of aromatic carboxylic acids is 1. The van der Waals surface area contributed by atoms with Crippen molar-refractivity contribution in [2.45, 2.75) is 13.0 Å². The molecule has 0 heterocycles. The van der Waals surface area contributed by atoms with Gasteiger partial charge in [-0.05, 0) is 23.8 Å². The quantitative estimate of drug-likeness (QED) is 0.632. The summed E-state index contributed by atoms with van der Waals surface area (Å²) in [6, 6.07) is 13.8. The van der Waals surface area contributed by atoms with Crippen molar-refractivity contribution in [1.29, 1.82) is 0 Å². The maximum absolute atomic E-state index is 11.6. The molecule has 0 atom stereocenters. The summed E-state index contributed by atoms with van der Waals surface area (Å²) in [6.07, 6.45) is -0.161. The minimum atomic E-state index is -1.09. The molecule has 1 amide bonds. The molecular formula is C19H16ClNO4. The van der Waals surface area contributed by atoms with Crippen molar-refractivity contribution in [1.82, 2.24) is 5.32 Å². The molecule has 6 heteroatoms. The van der Waals surface area contributed by atoms with E-state index in [1.54, 1.807) is 12.1 Å². The number of carboxylic acid groups (broad SMARTS) is 1. The fraction of sp³-hybridized carbons (Fsp3) is 0.158. The Morgan fingerprint density at radius 2 is 1.92 bits per heavy atom. The fourth-order valence-corrected chi connectivity index (χ4v) is 2.13. The van der Waals surface area contributed by atoms with Crippen LogP contribution in [0.3, 0.4) is 0 Å². The minimum Gasteiger partial charge on any atom is -0.478 e. The number of amides is 1. The number of benzene rings is 2. The third-order valence-electron chi connectivity index (χ3n) is 3.17. The first-order chi connectivity index (χ1) is 12.1. The molecule has 0 aliphatic rings. The van der Waals surface area contributed by atoms with Crippen molar-refractivity contribution in [3.8, 4) is 11.8 Å². The number of carboxylic acids is 1. The molecular weight excluding hydrogens is 342 g/mol. The summed E-state index contributed by atoms with van der Waals surface area (Å²) in [5.74, 6) is 4.50. The molecule has 2 rings (SSSR count). The predicted octanol–water partition coefficient (Wildman–Crippen LogP) is 3.71. The Morgan fingerprint density at radius 1 is 1.16 bits per heavy atom. The van der Waals surface area contributed by atoms with Crippen LogP contribution in [0.2, 0.25) is 5.02 Å². The number of rotatable bonds is 5. The molecule has 0 aliphatic heterocycles. The molecule has 0 aromatic heterocycles. The Bertz CT molecular complexity index is 809. The molecule has 0 radical (unpaired) electrons. The summed E-state index contributed by atoms with van der Waals surface area (Å²) in [5, 5.41) is 12.0. The van der Waals surface area contributed by atoms with Crippen molar-refractivity contribution in [2.75, 3.05) is 6.54 Å². The van der Waals surface area contributed by atoms with Gasteiger partial charge in [0.05, 0.1) is 5.56 Å². The molecule has 2 aromatic rings. The van der Waals surface area contributed by atoms with E-state index in [2.05, 4.69) is 17.2 Å². The van der Waals surface area contributed by atoms with Crippen LogP contribution in [0.15, 0.2) is 48.5 Å². The highest BCUT2D eigenvalue weighted by molar-refractivity contribution is 6.31. The number of nitrogens with one attached hydrogen (secondary N) is 1. The molecule has 0 bridgehead atoms. The lowest BCUT2D eigenvalue weighted by atomic mass is 10.1. The summed E-state index contributed by atoms with van der Waals surface area (Å²) >= 11 is 5.78. The van der Waals surface area contributed by atoms with Gasteiger partial charge in [0.2, 0.25) is 0 Å². The molecule has 0 fully saturated rings. The second kappa shape index (κ2) is 9.36. The van der Waals surface area contributed by atoms with E-state index in [0.29, 0.717) is 23.6 Å². The first kappa shape index (κ1) is 18.4. The van der Waals surface area contributed by atoms with Crippen LogP contribution in [0.1, 0.15) is 27.9 Å². The van der Waals surface area contributed by atoms with Crippen LogP contribution in [0.4, 0.5) is 4.79 Å². The highest BCUT2D eigenvalue weighted by Crippen LogP contribution is 2.15. The Kier molecular flexibility index (Phi) is 6.87. The van der Waals surface area contributed by atoms with E-state index in [1.165, 1.54) is 6.07 Å². The second-order valence-corrected chi connectivity index (χ2v) is 5.47. The predicted molar refractivity (Wildman–Crippen MR) is 94.5 cm³/mol. The molecule has 0 saturated heterocycles. The van der Waals surface area contributed by atoms with Crippen LogP contribution in [-0.2, 0) is 11.3 Å². The topological polar surface area (TPSA) is 75.6 Å². The molecule has 0 spiro atoms. The lowest BCUT2D eigenvalue weighted by molar-refractivity contribution is 0.0696. The largest absolute Gasteiger partial charge is 0.478 e. The molecule has 2 N–H and O–H groups in total. The van der Waals surface area contributed by atoms with E-state index >= 15 is 0 Å². The standard InChI is InChI=1S/C19H16ClNO4/c20-16-10-9-15(17(12-16)18(22)23)8-4-5-11-21-19(24)25-13-14-6-2-1-3-7-14/h1-3,6-7,9-10,12H,5,11,13H2,(H,21,24)(H,22,23). The van der Waals surface area contributed by atoms with Gasteiger partial charge < -0.3 is 15.2 Å². The number of alkyl carbamates (subject to hydrolysis) is 1. The van der Waals surface area contributed by atoms with Crippen molar-refractivity contribution < 1.29 is 19.4 Å². The van der Waals surface area contributed by atoms with Crippen molar-refractivity contribution in [3.63, 3.8) is 0 Å². The normalized spacial score (nSPS) is 9.64. The molecule has 128 valence electrons. The van der Waals surface area contributed by atoms with Gasteiger partial charge in [0.1, 0.15) is 6.61 Å². The number of ether oxygens (including phenoxy) is 1. The zero-order valence-electron chi connectivity index (χ0n) is 13.3. The molecule has 0 unspecified atom stereocenters. The monoisotopic (exact) mass is 357 g/mol. The SMILES string of the molecule is O=C(NCCC#Cc1ccc(Cl)cc1C(=O)O)OCc1ccccc1. The van der Waals surface area contributed by atoms with Crippen LogP contribution in [0.5, 0.6) is 0 Å². The first-order valence-electron chi connectivity index (χ1n) is 7.52. The van der Waals surface area contributed by atoms with Gasteiger partial charge in [-0.15, -0.1) is 0 Å². The first-order valence-corrected chi connectivity index (χ1v) is 7.90. The number of hydrogen-bond donors (Lipinski definition) is 2. The third kappa shape index (κ3) is 6.21. The third-order valence-corrected chi connectivity index (χ3v) is 3.40. The number of carbonyl (C=O) groups is 2. The summed E-state index contributed by atoms with van der Waals surface area (Å²) < 4.78 is 5.07. The van der Waals surface area contributed by atoms with Gasteiger partial charge in [0.15, 0.2) is 0 Å². The Labute approximate surface area is 150 Å². The van der Waals surface area contributed by atoms with Gasteiger partial charge in [0.25, 0.3) is 0 Å². The van der Waals surface area contributed by atoms with Gasteiger partial charge in [0, 0.05) is 23.6 Å². The summed E-state index contributed by atoms with van der Waals surface area (Å²) in [6.45, 7) is 0.502. The maximum atomic E-state index is 11.6. The van der Waals surface area contributed by atoms with Crippen molar-refractivity contribution in [3.05, 3.63) is 70.2 Å². The molecule has 2 aromatic carbocycles. The fourth-order valence-electron chi connectivity index (χ4n) is 1.96. The van der Waals surface area contributed by atoms with Gasteiger partial charge in [-0.25, -0.2) is 9.59 Å². The van der Waals surface area contributed by atoms with E-state index < -0.39 is 12.1 Å². The summed E-state index contributed by atoms with van der Waals surface area (Å²) in [7, 11) is 0. The van der Waals surface area contributed by atoms with Gasteiger partial charge in [-0.3, -0.25) is 0 Å². The number of halogens is 1. The average Bonchev–Trinajstić information content (AvgIpc) is 2.61. The average molecular weight is 358 g/mol. The Morgan fingerprint density at radius 3 is 2.64 bits per heavy atom. The van der Waals surface area contributed by atoms with E-state index in [4.69, 9.17) is 21.4 Å². The van der Waals surface area contributed by atoms with Crippen molar-refractivity contribution >= 4 is 23.7 Å². The zero-order chi connectivity index (χ0) is 18.1.